The van der Waals surface area contributed by atoms with Gasteiger partial charge in [-0.25, -0.2) is 0 Å². The smallest absolute Gasteiger partial charge is 0.250 e. The van der Waals surface area contributed by atoms with Crippen molar-refractivity contribution < 1.29 is 14.7 Å². The minimum atomic E-state index is -0.205. The first-order chi connectivity index (χ1) is 11.0. The van der Waals surface area contributed by atoms with Crippen molar-refractivity contribution in [3.8, 4) is 0 Å². The predicted octanol–water partition coefficient (Wildman–Crippen LogP) is 1.90. The van der Waals surface area contributed by atoms with Crippen LogP contribution in [-0.2, 0) is 9.59 Å². The first kappa shape index (κ1) is 18.4. The topological polar surface area (TPSA) is 69.6 Å². The highest BCUT2D eigenvalue weighted by Crippen LogP contribution is 2.25. The number of nitrogens with zero attached hydrogens (tertiary/aromatic N) is 1. The van der Waals surface area contributed by atoms with Crippen molar-refractivity contribution in [2.24, 2.45) is 0 Å². The van der Waals surface area contributed by atoms with Gasteiger partial charge in [-0.3, -0.25) is 9.59 Å². The highest BCUT2D eigenvalue weighted by atomic mass is 16.3. The molecule has 0 saturated carbocycles. The van der Waals surface area contributed by atoms with Crippen molar-refractivity contribution in [2.75, 3.05) is 24.6 Å². The summed E-state index contributed by atoms with van der Waals surface area (Å²) in [6.07, 6.45) is 5.35. The second-order valence-corrected chi connectivity index (χ2v) is 4.87. The van der Waals surface area contributed by atoms with Gasteiger partial charge in [0.2, 0.25) is 5.91 Å². The molecule has 0 aliphatic carbocycles. The second kappa shape index (κ2) is 9.38. The van der Waals surface area contributed by atoms with E-state index in [9.17, 15) is 9.59 Å². The molecule has 0 saturated heterocycles. The standard InChI is InChI=1S/C12H11NO.C6H11NO2/c1-2-12(14)13-9-5-7-10-6-3-4-8-11(10)13;1-5(2)6(9)7-3-4-8/h2-8H,1,9H2;8H,1,3-4H2,2H3,(H,7,9). The molecule has 2 amide bonds. The Morgan fingerprint density at radius 2 is 2.09 bits per heavy atom. The number of anilines is 1. The summed E-state index contributed by atoms with van der Waals surface area (Å²) in [7, 11) is 0. The Labute approximate surface area is 136 Å². The quantitative estimate of drug-likeness (QED) is 0.834. The molecule has 23 heavy (non-hydrogen) atoms. The lowest BCUT2D eigenvalue weighted by Gasteiger charge is -2.24. The van der Waals surface area contributed by atoms with Crippen LogP contribution in [0.1, 0.15) is 12.5 Å². The first-order valence-corrected chi connectivity index (χ1v) is 7.25. The Morgan fingerprint density at radius 3 is 2.70 bits per heavy atom. The fourth-order valence-corrected chi connectivity index (χ4v) is 1.90. The molecule has 0 unspecified atom stereocenters. The van der Waals surface area contributed by atoms with E-state index in [0.717, 1.165) is 11.3 Å². The van der Waals surface area contributed by atoms with Crippen LogP contribution in [0, 0.1) is 0 Å². The normalized spacial score (nSPS) is 11.7. The molecule has 0 spiro atoms. The van der Waals surface area contributed by atoms with Crippen LogP contribution in [-0.4, -0.2) is 36.6 Å². The maximum atomic E-state index is 11.5. The zero-order valence-electron chi connectivity index (χ0n) is 13.3. The van der Waals surface area contributed by atoms with Crippen LogP contribution in [0.25, 0.3) is 6.08 Å². The molecule has 5 nitrogen and oxygen atoms in total. The van der Waals surface area contributed by atoms with Gasteiger partial charge < -0.3 is 15.3 Å². The molecule has 1 heterocycles. The largest absolute Gasteiger partial charge is 0.395 e. The van der Waals surface area contributed by atoms with Crippen molar-refractivity contribution >= 4 is 23.6 Å². The fourth-order valence-electron chi connectivity index (χ4n) is 1.90. The molecule has 122 valence electrons. The SMILES string of the molecule is C=C(C)C(=O)NCCO.C=CC(=O)N1CC=Cc2ccccc21. The Hall–Kier alpha value is -2.66. The summed E-state index contributed by atoms with van der Waals surface area (Å²) in [5.74, 6) is -0.258. The molecule has 1 aliphatic rings. The molecular weight excluding hydrogens is 292 g/mol. The van der Waals surface area contributed by atoms with E-state index in [2.05, 4.69) is 18.5 Å². The van der Waals surface area contributed by atoms with Crippen LogP contribution < -0.4 is 10.2 Å². The lowest BCUT2D eigenvalue weighted by atomic mass is 10.1. The summed E-state index contributed by atoms with van der Waals surface area (Å²) in [6.45, 7) is 9.42. The summed E-state index contributed by atoms with van der Waals surface area (Å²) in [5, 5.41) is 10.7. The third kappa shape index (κ3) is 5.56. The molecule has 0 radical (unpaired) electrons. The molecule has 1 aromatic carbocycles. The number of hydrogen-bond donors (Lipinski definition) is 2. The van der Waals surface area contributed by atoms with Gasteiger partial charge in [0.25, 0.3) is 5.91 Å². The third-order valence-electron chi connectivity index (χ3n) is 3.04. The van der Waals surface area contributed by atoms with Crippen LogP contribution in [0.15, 0.2) is 55.1 Å². The summed E-state index contributed by atoms with van der Waals surface area (Å²) in [4.78, 5) is 23.8. The summed E-state index contributed by atoms with van der Waals surface area (Å²) in [5.41, 5.74) is 2.50. The summed E-state index contributed by atoms with van der Waals surface area (Å²) in [6, 6.07) is 7.83. The molecule has 1 aromatic rings. The van der Waals surface area contributed by atoms with E-state index in [1.165, 1.54) is 6.08 Å². The predicted molar refractivity (Wildman–Crippen MR) is 92.9 cm³/mol. The zero-order valence-corrected chi connectivity index (χ0v) is 13.3. The lowest BCUT2D eigenvalue weighted by molar-refractivity contribution is -0.117. The number of fused-ring (bicyclic) bond motifs is 1. The molecular formula is C18H22N2O3. The zero-order chi connectivity index (χ0) is 17.2. The molecule has 0 atom stereocenters. The average Bonchev–Trinajstić information content (AvgIpc) is 2.58. The van der Waals surface area contributed by atoms with E-state index in [0.29, 0.717) is 18.7 Å². The van der Waals surface area contributed by atoms with E-state index >= 15 is 0 Å². The van der Waals surface area contributed by atoms with Crippen LogP contribution in [0.4, 0.5) is 5.69 Å². The minimum Gasteiger partial charge on any atom is -0.395 e. The Bertz CT molecular complexity index is 620. The van der Waals surface area contributed by atoms with E-state index in [-0.39, 0.29) is 18.4 Å². The van der Waals surface area contributed by atoms with Crippen LogP contribution >= 0.6 is 0 Å². The molecule has 0 aromatic heterocycles. The Kier molecular flexibility index (Phi) is 7.50. The lowest BCUT2D eigenvalue weighted by Crippen LogP contribution is -2.31. The van der Waals surface area contributed by atoms with Gasteiger partial charge in [-0.05, 0) is 24.6 Å². The summed E-state index contributed by atoms with van der Waals surface area (Å²) >= 11 is 0. The first-order valence-electron chi connectivity index (χ1n) is 7.25. The summed E-state index contributed by atoms with van der Waals surface area (Å²) < 4.78 is 0. The number of benzene rings is 1. The molecule has 2 N–H and O–H groups in total. The molecule has 1 aliphatic heterocycles. The van der Waals surface area contributed by atoms with E-state index in [1.807, 2.05) is 36.4 Å². The average molecular weight is 314 g/mol. The van der Waals surface area contributed by atoms with Crippen molar-refractivity contribution in [2.45, 2.75) is 6.92 Å². The van der Waals surface area contributed by atoms with Crippen LogP contribution in [0.2, 0.25) is 0 Å². The van der Waals surface area contributed by atoms with Crippen LogP contribution in [0.5, 0.6) is 0 Å². The number of carbonyl (C=O) groups is 2. The number of aliphatic hydroxyl groups is 1. The number of carbonyl (C=O) groups excluding carboxylic acids is 2. The Morgan fingerprint density at radius 1 is 1.39 bits per heavy atom. The van der Waals surface area contributed by atoms with E-state index in [4.69, 9.17) is 5.11 Å². The van der Waals surface area contributed by atoms with Gasteiger partial charge in [0.15, 0.2) is 0 Å². The number of hydrogen-bond acceptors (Lipinski definition) is 3. The Balaban J connectivity index is 0.000000257. The second-order valence-electron chi connectivity index (χ2n) is 4.87. The van der Waals surface area contributed by atoms with Gasteiger partial charge in [0.05, 0.1) is 12.3 Å². The van der Waals surface area contributed by atoms with Gasteiger partial charge >= 0.3 is 0 Å². The third-order valence-corrected chi connectivity index (χ3v) is 3.04. The molecule has 0 bridgehead atoms. The van der Waals surface area contributed by atoms with Crippen molar-refractivity contribution in [3.63, 3.8) is 0 Å². The van der Waals surface area contributed by atoms with Gasteiger partial charge in [-0.15, -0.1) is 0 Å². The van der Waals surface area contributed by atoms with Gasteiger partial charge in [-0.1, -0.05) is 43.5 Å². The number of rotatable bonds is 4. The van der Waals surface area contributed by atoms with E-state index in [1.54, 1.807) is 11.8 Å². The number of aliphatic hydroxyl groups excluding tert-OH is 1. The van der Waals surface area contributed by atoms with E-state index < -0.39 is 0 Å². The number of para-hydroxylation sites is 1. The van der Waals surface area contributed by atoms with Crippen molar-refractivity contribution in [3.05, 3.63) is 60.7 Å². The monoisotopic (exact) mass is 314 g/mol. The molecule has 0 fully saturated rings. The highest BCUT2D eigenvalue weighted by Gasteiger charge is 2.16. The fraction of sp³-hybridized carbons (Fsp3) is 0.222. The maximum absolute atomic E-state index is 11.5. The van der Waals surface area contributed by atoms with Crippen LogP contribution in [0.3, 0.4) is 0 Å². The van der Waals surface area contributed by atoms with Gasteiger partial charge in [0.1, 0.15) is 0 Å². The van der Waals surface area contributed by atoms with Gasteiger partial charge in [0, 0.05) is 18.7 Å². The minimum absolute atomic E-state index is 0.0288. The van der Waals surface area contributed by atoms with Gasteiger partial charge in [-0.2, -0.15) is 0 Å². The number of amides is 2. The molecule has 2 rings (SSSR count). The van der Waals surface area contributed by atoms with Crippen molar-refractivity contribution in [1.29, 1.82) is 0 Å². The molecule has 5 heteroatoms. The highest BCUT2D eigenvalue weighted by molar-refractivity contribution is 6.03. The number of nitrogens with one attached hydrogen (secondary N) is 1. The van der Waals surface area contributed by atoms with Crippen molar-refractivity contribution in [1.82, 2.24) is 5.32 Å². The maximum Gasteiger partial charge on any atom is 0.250 e.